The normalized spacial score (nSPS) is 11.2. The number of hydrogen-bond donors (Lipinski definition) is 0. The van der Waals surface area contributed by atoms with Crippen LogP contribution in [-0.2, 0) is 6.42 Å². The van der Waals surface area contributed by atoms with E-state index in [1.165, 1.54) is 28.2 Å². The Morgan fingerprint density at radius 3 is 2.63 bits per heavy atom. The largest absolute Gasteiger partial charge is 0.430 e. The molecule has 0 amide bonds. The lowest BCUT2D eigenvalue weighted by Crippen LogP contribution is -2.20. The first-order valence-corrected chi connectivity index (χ1v) is 10.1. The van der Waals surface area contributed by atoms with Crippen LogP contribution in [0.25, 0.3) is 11.4 Å². The summed E-state index contributed by atoms with van der Waals surface area (Å²) in [4.78, 5) is 6.89. The van der Waals surface area contributed by atoms with Crippen molar-refractivity contribution >= 4 is 11.5 Å². The van der Waals surface area contributed by atoms with Crippen LogP contribution < -0.4 is 4.74 Å². The van der Waals surface area contributed by atoms with Gasteiger partial charge < -0.3 is 9.64 Å². The minimum atomic E-state index is 0.576. The summed E-state index contributed by atoms with van der Waals surface area (Å²) in [6, 6.07) is 12.5. The van der Waals surface area contributed by atoms with Gasteiger partial charge in [-0.2, -0.15) is 9.36 Å². The molecule has 1 aromatic heterocycles. The molecule has 27 heavy (non-hydrogen) atoms. The van der Waals surface area contributed by atoms with Crippen LogP contribution in [0.4, 0.5) is 0 Å². The molecular weight excluding hydrogens is 354 g/mol. The Bertz CT molecular complexity index is 920. The summed E-state index contributed by atoms with van der Waals surface area (Å²) in [6.07, 6.45) is 1.05. The molecule has 5 heteroatoms. The zero-order valence-corrected chi connectivity index (χ0v) is 17.6. The summed E-state index contributed by atoms with van der Waals surface area (Å²) in [5.41, 5.74) is 5.97. The van der Waals surface area contributed by atoms with Crippen LogP contribution >= 0.6 is 11.5 Å². The molecule has 0 radical (unpaired) electrons. The molecule has 0 unspecified atom stereocenters. The molecule has 3 rings (SSSR count). The van der Waals surface area contributed by atoms with E-state index in [1.54, 1.807) is 0 Å². The Morgan fingerprint density at radius 1 is 1.07 bits per heavy atom. The first-order chi connectivity index (χ1) is 13.0. The number of aryl methyl sites for hydroxylation is 3. The molecule has 3 aromatic rings. The summed E-state index contributed by atoms with van der Waals surface area (Å²) in [5.74, 6) is 1.57. The highest BCUT2D eigenvalue weighted by Gasteiger charge is 2.12. The number of likely N-dealkylation sites (N-methyl/N-ethyl adjacent to an activating group) is 1. The predicted octanol–water partition coefficient (Wildman–Crippen LogP) is 5.42. The molecule has 0 atom stereocenters. The average molecular weight is 382 g/mol. The smallest absolute Gasteiger partial charge is 0.299 e. The van der Waals surface area contributed by atoms with Gasteiger partial charge in [0, 0.05) is 23.6 Å². The van der Waals surface area contributed by atoms with E-state index < -0.39 is 0 Å². The highest BCUT2D eigenvalue weighted by atomic mass is 32.1. The molecule has 4 nitrogen and oxygen atoms in total. The van der Waals surface area contributed by atoms with Gasteiger partial charge in [-0.25, -0.2) is 0 Å². The molecule has 0 N–H and O–H groups in total. The fourth-order valence-electron chi connectivity index (χ4n) is 2.94. The number of hydrogen-bond acceptors (Lipinski definition) is 5. The lowest BCUT2D eigenvalue weighted by Gasteiger charge is -2.16. The Hall–Kier alpha value is -2.24. The molecule has 0 aliphatic carbocycles. The van der Waals surface area contributed by atoms with Gasteiger partial charge in [0.1, 0.15) is 5.75 Å². The molecule has 0 spiro atoms. The van der Waals surface area contributed by atoms with Gasteiger partial charge in [-0.1, -0.05) is 36.8 Å². The minimum absolute atomic E-state index is 0.576. The first-order valence-electron chi connectivity index (χ1n) is 9.33. The quantitative estimate of drug-likeness (QED) is 0.548. The van der Waals surface area contributed by atoms with Crippen molar-refractivity contribution < 1.29 is 4.74 Å². The van der Waals surface area contributed by atoms with Gasteiger partial charge >= 0.3 is 0 Å². The number of ether oxygens (including phenoxy) is 1. The van der Waals surface area contributed by atoms with Crippen molar-refractivity contribution in [3.8, 4) is 22.3 Å². The monoisotopic (exact) mass is 381 g/mol. The third kappa shape index (κ3) is 4.93. The number of benzene rings is 2. The third-order valence-corrected chi connectivity index (χ3v) is 5.41. The first kappa shape index (κ1) is 19.5. The number of nitrogens with zero attached hydrogens (tertiary/aromatic N) is 3. The van der Waals surface area contributed by atoms with Crippen molar-refractivity contribution in [2.24, 2.45) is 0 Å². The van der Waals surface area contributed by atoms with Crippen molar-refractivity contribution in [3.63, 3.8) is 0 Å². The molecule has 0 aliphatic heterocycles. The van der Waals surface area contributed by atoms with E-state index in [-0.39, 0.29) is 0 Å². The number of rotatable bonds is 7. The van der Waals surface area contributed by atoms with Gasteiger partial charge in [-0.3, -0.25) is 0 Å². The highest BCUT2D eigenvalue weighted by molar-refractivity contribution is 7.07. The van der Waals surface area contributed by atoms with E-state index in [1.807, 2.05) is 12.1 Å². The Labute approximate surface area is 166 Å². The molecule has 0 saturated heterocycles. The zero-order chi connectivity index (χ0) is 19.4. The highest BCUT2D eigenvalue weighted by Crippen LogP contribution is 2.31. The van der Waals surface area contributed by atoms with E-state index in [9.17, 15) is 0 Å². The molecule has 0 fully saturated rings. The van der Waals surface area contributed by atoms with Crippen molar-refractivity contribution in [1.29, 1.82) is 0 Å². The van der Waals surface area contributed by atoms with Gasteiger partial charge in [0.15, 0.2) is 5.82 Å². The summed E-state index contributed by atoms with van der Waals surface area (Å²) >= 11 is 1.29. The van der Waals surface area contributed by atoms with Gasteiger partial charge in [-0.15, -0.1) is 0 Å². The fourth-order valence-corrected chi connectivity index (χ4v) is 3.51. The second-order valence-corrected chi connectivity index (χ2v) is 7.76. The van der Waals surface area contributed by atoms with Gasteiger partial charge in [0.05, 0.1) is 0 Å². The van der Waals surface area contributed by atoms with Crippen LogP contribution in [-0.4, -0.2) is 34.4 Å². The van der Waals surface area contributed by atoms with Crippen LogP contribution in [0.3, 0.4) is 0 Å². The summed E-state index contributed by atoms with van der Waals surface area (Å²) in [7, 11) is 2.15. The zero-order valence-electron chi connectivity index (χ0n) is 16.7. The van der Waals surface area contributed by atoms with Crippen LogP contribution in [0.1, 0.15) is 29.2 Å². The maximum Gasteiger partial charge on any atom is 0.299 e. The average Bonchev–Trinajstić information content (AvgIpc) is 3.11. The SMILES string of the molecule is CCN(C)CCc1cc(C)c(Oc2nc(-c3cccc(C)c3)ns2)cc1C. The second kappa shape index (κ2) is 8.63. The van der Waals surface area contributed by atoms with Crippen molar-refractivity contribution in [3.05, 3.63) is 58.7 Å². The van der Waals surface area contributed by atoms with E-state index >= 15 is 0 Å². The molecule has 0 bridgehead atoms. The number of aromatic nitrogens is 2. The van der Waals surface area contributed by atoms with E-state index in [2.05, 4.69) is 73.3 Å². The molecule has 1 heterocycles. The van der Waals surface area contributed by atoms with Crippen LogP contribution in [0.2, 0.25) is 0 Å². The second-order valence-electron chi connectivity index (χ2n) is 7.05. The topological polar surface area (TPSA) is 38.2 Å². The van der Waals surface area contributed by atoms with Crippen LogP contribution in [0, 0.1) is 20.8 Å². The lowest BCUT2D eigenvalue weighted by molar-refractivity contribution is 0.357. The lowest BCUT2D eigenvalue weighted by atomic mass is 10.0. The van der Waals surface area contributed by atoms with Crippen molar-refractivity contribution in [1.82, 2.24) is 14.3 Å². The summed E-state index contributed by atoms with van der Waals surface area (Å²) in [5, 5.41) is 0.576. The summed E-state index contributed by atoms with van der Waals surface area (Å²) < 4.78 is 10.5. The van der Waals surface area contributed by atoms with Gasteiger partial charge in [-0.05, 0) is 69.6 Å². The third-order valence-electron chi connectivity index (χ3n) is 4.82. The molecule has 0 saturated carbocycles. The Balaban J connectivity index is 1.75. The van der Waals surface area contributed by atoms with Gasteiger partial charge in [0.25, 0.3) is 5.19 Å². The molecule has 2 aromatic carbocycles. The molecular formula is C22H27N3OS. The maximum atomic E-state index is 6.06. The molecule has 142 valence electrons. The molecule has 0 aliphatic rings. The standard InChI is InChI=1S/C22H27N3OS/c1-6-25(5)11-10-18-13-17(4)20(14-16(18)3)26-22-23-21(24-27-22)19-9-7-8-15(2)12-19/h7-9,12-14H,6,10-11H2,1-5H3. The van der Waals surface area contributed by atoms with E-state index in [0.717, 1.165) is 36.4 Å². The predicted molar refractivity (Wildman–Crippen MR) is 113 cm³/mol. The fraction of sp³-hybridized carbons (Fsp3) is 0.364. The minimum Gasteiger partial charge on any atom is -0.430 e. The Morgan fingerprint density at radius 2 is 1.89 bits per heavy atom. The Kier molecular flexibility index (Phi) is 6.24. The van der Waals surface area contributed by atoms with Gasteiger partial charge in [0.2, 0.25) is 0 Å². The van der Waals surface area contributed by atoms with Crippen LogP contribution in [0.5, 0.6) is 10.9 Å². The van der Waals surface area contributed by atoms with Crippen molar-refractivity contribution in [2.75, 3.05) is 20.1 Å². The maximum absolute atomic E-state index is 6.06. The van der Waals surface area contributed by atoms with Crippen molar-refractivity contribution in [2.45, 2.75) is 34.1 Å². The van der Waals surface area contributed by atoms with Crippen LogP contribution in [0.15, 0.2) is 36.4 Å². The summed E-state index contributed by atoms with van der Waals surface area (Å²) in [6.45, 7) is 10.6. The van der Waals surface area contributed by atoms with E-state index in [4.69, 9.17) is 4.74 Å². The van der Waals surface area contributed by atoms with E-state index in [0.29, 0.717) is 11.0 Å².